The van der Waals surface area contributed by atoms with Gasteiger partial charge < -0.3 is 0 Å². The van der Waals surface area contributed by atoms with Crippen LogP contribution in [0.3, 0.4) is 0 Å². The zero-order chi connectivity index (χ0) is 35.6. The average molecular weight is 825 g/mol. The summed E-state index contributed by atoms with van der Waals surface area (Å²) in [4.78, 5) is 0. The minimum absolute atomic E-state index is 0.459. The van der Waals surface area contributed by atoms with E-state index in [4.69, 9.17) is 10.6 Å². The van der Waals surface area contributed by atoms with Gasteiger partial charge in [0, 0.05) is 0 Å². The summed E-state index contributed by atoms with van der Waals surface area (Å²) in [5.41, 5.74) is 4.65. The van der Waals surface area contributed by atoms with Crippen LogP contribution in [0.4, 0.5) is 0 Å². The Balaban J connectivity index is 1.53. The van der Waals surface area contributed by atoms with E-state index >= 15 is 0 Å². The quantitative estimate of drug-likeness (QED) is 0.145. The summed E-state index contributed by atoms with van der Waals surface area (Å²) < 4.78 is 33.0. The van der Waals surface area contributed by atoms with Crippen LogP contribution in [-0.2, 0) is 32.7 Å². The molecule has 0 atom stereocenters. The molecule has 6 saturated carbocycles. The van der Waals surface area contributed by atoms with E-state index in [-0.39, 0.29) is 0 Å². The predicted molar refractivity (Wildman–Crippen MR) is 216 cm³/mol. The summed E-state index contributed by atoms with van der Waals surface area (Å²) in [6.45, 7) is 11.0. The fourth-order valence-electron chi connectivity index (χ4n) is 13.0. The van der Waals surface area contributed by atoms with E-state index in [0.717, 1.165) is 46.5 Å². The van der Waals surface area contributed by atoms with Crippen LogP contribution < -0.4 is 0 Å². The van der Waals surface area contributed by atoms with Gasteiger partial charge in [0.2, 0.25) is 0 Å². The van der Waals surface area contributed by atoms with Crippen LogP contribution in [0.2, 0.25) is 33.2 Å². The molecule has 296 valence electrons. The molecule has 0 saturated heterocycles. The van der Waals surface area contributed by atoms with Gasteiger partial charge in [0.25, 0.3) is 0 Å². The molecule has 0 unspecified atom stereocenters. The molecular formula is C44H84O4Si2Zr. The Hall–Kier alpha value is 1.16. The summed E-state index contributed by atoms with van der Waals surface area (Å²) in [6.07, 6.45) is 42.4. The molecule has 0 heterocycles. The fourth-order valence-corrected chi connectivity index (χ4v) is 46.4. The molecule has 0 radical (unpaired) electrons. The van der Waals surface area contributed by atoms with Crippen molar-refractivity contribution in [1.82, 2.24) is 0 Å². The molecule has 51 heavy (non-hydrogen) atoms. The SMILES string of the molecule is CC(C)C[O][Zr]([O]CC(C)C)([O][Si](C1CCCCC1)(C1CCCCC1)C1CCCCC1)[O][Si](C1CCCCC1)(C1CCCCC1)C1CCCCC1. The first-order valence-corrected chi connectivity index (χ1v) is 31.9. The first-order chi connectivity index (χ1) is 24.9. The molecule has 7 heteroatoms. The van der Waals surface area contributed by atoms with E-state index in [0.29, 0.717) is 11.8 Å². The molecule has 6 fully saturated rings. The van der Waals surface area contributed by atoms with E-state index < -0.39 is 38.7 Å². The van der Waals surface area contributed by atoms with Gasteiger partial charge in [-0.1, -0.05) is 0 Å². The first-order valence-electron chi connectivity index (χ1n) is 23.6. The van der Waals surface area contributed by atoms with Crippen molar-refractivity contribution in [3.8, 4) is 0 Å². The Morgan fingerprint density at radius 3 is 0.725 bits per heavy atom. The monoisotopic (exact) mass is 822 g/mol. The van der Waals surface area contributed by atoms with E-state index in [1.165, 1.54) is 193 Å². The number of hydrogen-bond acceptors (Lipinski definition) is 4. The Labute approximate surface area is 325 Å². The maximum absolute atomic E-state index is 8.79. The van der Waals surface area contributed by atoms with Crippen LogP contribution in [0.15, 0.2) is 0 Å². The van der Waals surface area contributed by atoms with E-state index in [9.17, 15) is 0 Å². The second-order valence-electron chi connectivity index (χ2n) is 19.8. The van der Waals surface area contributed by atoms with Crippen LogP contribution >= 0.6 is 0 Å². The van der Waals surface area contributed by atoms with Gasteiger partial charge in [-0.25, -0.2) is 0 Å². The van der Waals surface area contributed by atoms with Gasteiger partial charge in [0.1, 0.15) is 0 Å². The van der Waals surface area contributed by atoms with Gasteiger partial charge in [0.05, 0.1) is 0 Å². The van der Waals surface area contributed by atoms with Crippen molar-refractivity contribution in [1.29, 1.82) is 0 Å². The molecule has 0 aromatic carbocycles. The molecular weight excluding hydrogens is 740 g/mol. The molecule has 6 aliphatic carbocycles. The third-order valence-electron chi connectivity index (χ3n) is 15.2. The minimum atomic E-state index is -4.72. The van der Waals surface area contributed by atoms with Gasteiger partial charge in [-0.15, -0.1) is 0 Å². The summed E-state index contributed by atoms with van der Waals surface area (Å²) >= 11 is -4.72. The first kappa shape index (κ1) is 41.8. The van der Waals surface area contributed by atoms with Crippen LogP contribution in [0.1, 0.15) is 220 Å². The van der Waals surface area contributed by atoms with Crippen LogP contribution in [-0.4, -0.2) is 29.8 Å². The zero-order valence-corrected chi connectivity index (χ0v) is 38.8. The number of hydrogen-bond donors (Lipinski definition) is 0. The summed E-state index contributed by atoms with van der Waals surface area (Å²) in [7, 11) is -4.76. The molecule has 0 aliphatic heterocycles. The van der Waals surface area contributed by atoms with Crippen molar-refractivity contribution in [2.75, 3.05) is 13.2 Å². The van der Waals surface area contributed by atoms with Crippen molar-refractivity contribution in [2.24, 2.45) is 11.8 Å². The normalized spacial score (nSPS) is 26.0. The van der Waals surface area contributed by atoms with Crippen molar-refractivity contribution in [3.63, 3.8) is 0 Å². The third kappa shape index (κ3) is 10.4. The fraction of sp³-hybridized carbons (Fsp3) is 1.00. The second kappa shape index (κ2) is 20.5. The van der Waals surface area contributed by atoms with Crippen LogP contribution in [0.25, 0.3) is 0 Å². The van der Waals surface area contributed by atoms with Crippen molar-refractivity contribution < 1.29 is 32.7 Å². The van der Waals surface area contributed by atoms with Crippen molar-refractivity contribution in [2.45, 2.75) is 254 Å². The topological polar surface area (TPSA) is 36.9 Å². The molecule has 0 amide bonds. The van der Waals surface area contributed by atoms with Crippen molar-refractivity contribution in [3.05, 3.63) is 0 Å². The van der Waals surface area contributed by atoms with Crippen molar-refractivity contribution >= 4 is 16.6 Å². The zero-order valence-electron chi connectivity index (χ0n) is 34.4. The van der Waals surface area contributed by atoms with Gasteiger partial charge >= 0.3 is 328 Å². The molecule has 0 bridgehead atoms. The predicted octanol–water partition coefficient (Wildman–Crippen LogP) is 15.1. The standard InChI is InChI=1S/2C18H33OSi.2C4H9O.Zr/c2*19-20(16-10-4-1-5-11-16,17-12-6-2-7-13-17)18-14-8-3-9-15-18;2*1-4(2)3-5;/h2*16-18H,1-15H2;2*4H,3H2,1-2H3;/q4*-1;+4. The third-order valence-corrected chi connectivity index (χ3v) is 39.0. The molecule has 0 spiro atoms. The molecule has 6 aliphatic rings. The molecule has 4 nitrogen and oxygen atoms in total. The Morgan fingerprint density at radius 2 is 0.549 bits per heavy atom. The van der Waals surface area contributed by atoms with Gasteiger partial charge in [0.15, 0.2) is 0 Å². The summed E-state index contributed by atoms with van der Waals surface area (Å²) in [6, 6.07) is 0. The van der Waals surface area contributed by atoms with E-state index in [1.807, 2.05) is 0 Å². The van der Waals surface area contributed by atoms with E-state index in [1.54, 1.807) is 0 Å². The molecule has 6 rings (SSSR count). The van der Waals surface area contributed by atoms with Gasteiger partial charge in [-0.3, -0.25) is 0 Å². The van der Waals surface area contributed by atoms with E-state index in [2.05, 4.69) is 27.7 Å². The van der Waals surface area contributed by atoms with Crippen LogP contribution in [0, 0.1) is 11.8 Å². The average Bonchev–Trinajstić information content (AvgIpc) is 3.19. The maximum atomic E-state index is 8.79. The Bertz CT molecular complexity index is 805. The Morgan fingerprint density at radius 1 is 0.353 bits per heavy atom. The molecule has 0 N–H and O–H groups in total. The summed E-state index contributed by atoms with van der Waals surface area (Å²) in [5.74, 6) is 0.919. The summed E-state index contributed by atoms with van der Waals surface area (Å²) in [5, 5.41) is 0. The Kier molecular flexibility index (Phi) is 16.8. The number of rotatable bonds is 16. The van der Waals surface area contributed by atoms with Crippen LogP contribution in [0.5, 0.6) is 0 Å². The molecule has 0 aromatic heterocycles. The van der Waals surface area contributed by atoms with Gasteiger partial charge in [-0.05, 0) is 0 Å². The molecule has 0 aromatic rings. The van der Waals surface area contributed by atoms with Gasteiger partial charge in [-0.2, -0.15) is 0 Å². The second-order valence-corrected chi connectivity index (χ2v) is 35.4.